The first kappa shape index (κ1) is 25.1. The third-order valence-electron chi connectivity index (χ3n) is 4.68. The van der Waals surface area contributed by atoms with Crippen LogP contribution < -0.4 is 10.6 Å². The maximum Gasteiger partial charge on any atom is 0.330 e. The van der Waals surface area contributed by atoms with E-state index < -0.39 is 11.9 Å². The van der Waals surface area contributed by atoms with Crippen LogP contribution >= 0.6 is 0 Å². The first-order valence-corrected chi connectivity index (χ1v) is 10.9. The fourth-order valence-corrected chi connectivity index (χ4v) is 2.82. The number of nitrogens with one attached hydrogen (secondary N) is 2. The van der Waals surface area contributed by atoms with Gasteiger partial charge in [-0.05, 0) is 35.4 Å². The van der Waals surface area contributed by atoms with Crippen LogP contribution in [-0.2, 0) is 32.3 Å². The standard InChI is InChI=1S/C26H27N5O4/c1-5-22(32)34-15-18-7-11-20(12-8-18)27-25-29-24(17(3)4)30-26(31-25)28-21-13-9-19(10-14-21)16-35-23(33)6-2/h5-14,17H,1-2,15-16H2,3-4H3,(H2,27,28,29,30,31). The van der Waals surface area contributed by atoms with Crippen molar-refractivity contribution in [1.82, 2.24) is 15.0 Å². The molecule has 0 bridgehead atoms. The molecule has 0 aliphatic carbocycles. The number of nitrogens with zero attached hydrogens (tertiary/aromatic N) is 3. The van der Waals surface area contributed by atoms with Crippen LogP contribution in [0.25, 0.3) is 0 Å². The van der Waals surface area contributed by atoms with Gasteiger partial charge in [-0.3, -0.25) is 0 Å². The van der Waals surface area contributed by atoms with Crippen LogP contribution in [0.3, 0.4) is 0 Å². The van der Waals surface area contributed by atoms with Gasteiger partial charge >= 0.3 is 11.9 Å². The van der Waals surface area contributed by atoms with E-state index >= 15 is 0 Å². The molecular formula is C26H27N5O4. The average molecular weight is 474 g/mol. The molecule has 0 saturated carbocycles. The molecule has 180 valence electrons. The molecule has 0 radical (unpaired) electrons. The van der Waals surface area contributed by atoms with Crippen LogP contribution in [0.15, 0.2) is 73.8 Å². The molecule has 9 nitrogen and oxygen atoms in total. The Morgan fingerprint density at radius 2 is 1.17 bits per heavy atom. The maximum absolute atomic E-state index is 11.2. The van der Waals surface area contributed by atoms with Crippen LogP contribution in [0.4, 0.5) is 23.3 Å². The number of carbonyl (C=O) groups excluding carboxylic acids is 2. The largest absolute Gasteiger partial charge is 0.458 e. The normalized spacial score (nSPS) is 10.4. The number of ether oxygens (including phenoxy) is 2. The predicted octanol–water partition coefficient (Wildman–Crippen LogP) is 4.94. The number of aromatic nitrogens is 3. The summed E-state index contributed by atoms with van der Waals surface area (Å²) in [6, 6.07) is 14.8. The summed E-state index contributed by atoms with van der Waals surface area (Å²) < 4.78 is 10.1. The fraction of sp³-hybridized carbons (Fsp3) is 0.192. The third-order valence-corrected chi connectivity index (χ3v) is 4.68. The Hall–Kier alpha value is -4.53. The van der Waals surface area contributed by atoms with Crippen molar-refractivity contribution in [3.63, 3.8) is 0 Å². The zero-order valence-electron chi connectivity index (χ0n) is 19.7. The van der Waals surface area contributed by atoms with E-state index in [2.05, 4.69) is 38.7 Å². The van der Waals surface area contributed by atoms with Gasteiger partial charge in [0.1, 0.15) is 19.0 Å². The lowest BCUT2D eigenvalue weighted by Crippen LogP contribution is -2.08. The Labute approximate surface area is 203 Å². The van der Waals surface area contributed by atoms with Gasteiger partial charge in [-0.25, -0.2) is 9.59 Å². The predicted molar refractivity (Wildman–Crippen MR) is 133 cm³/mol. The molecule has 3 rings (SSSR count). The highest BCUT2D eigenvalue weighted by Gasteiger charge is 2.11. The summed E-state index contributed by atoms with van der Waals surface area (Å²) in [5, 5.41) is 6.38. The molecule has 3 aromatic rings. The van der Waals surface area contributed by atoms with Gasteiger partial charge in [0.25, 0.3) is 0 Å². The van der Waals surface area contributed by atoms with E-state index in [1.807, 2.05) is 62.4 Å². The second-order valence-electron chi connectivity index (χ2n) is 7.76. The minimum absolute atomic E-state index is 0.0861. The first-order chi connectivity index (χ1) is 16.9. The number of hydrogen-bond donors (Lipinski definition) is 2. The topological polar surface area (TPSA) is 115 Å². The van der Waals surface area contributed by atoms with E-state index in [1.165, 1.54) is 0 Å². The van der Waals surface area contributed by atoms with Gasteiger partial charge in [0.05, 0.1) is 0 Å². The number of benzene rings is 2. The van der Waals surface area contributed by atoms with Gasteiger partial charge in [-0.2, -0.15) is 15.0 Å². The van der Waals surface area contributed by atoms with Gasteiger partial charge in [-0.15, -0.1) is 0 Å². The molecule has 35 heavy (non-hydrogen) atoms. The molecule has 0 aliphatic heterocycles. The van der Waals surface area contributed by atoms with Crippen molar-refractivity contribution in [3.05, 3.63) is 90.8 Å². The summed E-state index contributed by atoms with van der Waals surface area (Å²) in [5.41, 5.74) is 3.23. The molecule has 0 aliphatic rings. The Balaban J connectivity index is 1.70. The molecule has 2 N–H and O–H groups in total. The highest BCUT2D eigenvalue weighted by molar-refractivity contribution is 5.81. The minimum Gasteiger partial charge on any atom is -0.458 e. The van der Waals surface area contributed by atoms with Crippen molar-refractivity contribution < 1.29 is 19.1 Å². The van der Waals surface area contributed by atoms with Gasteiger partial charge in [0.15, 0.2) is 0 Å². The van der Waals surface area contributed by atoms with Gasteiger partial charge in [-0.1, -0.05) is 51.3 Å². The van der Waals surface area contributed by atoms with Crippen molar-refractivity contribution in [3.8, 4) is 0 Å². The number of carbonyl (C=O) groups is 2. The monoisotopic (exact) mass is 473 g/mol. The number of esters is 2. The summed E-state index contributed by atoms with van der Waals surface area (Å²) >= 11 is 0. The Morgan fingerprint density at radius 3 is 1.51 bits per heavy atom. The van der Waals surface area contributed by atoms with Crippen molar-refractivity contribution in [2.75, 3.05) is 10.6 Å². The lowest BCUT2D eigenvalue weighted by molar-refractivity contribution is -0.139. The molecular weight excluding hydrogens is 446 g/mol. The summed E-state index contributed by atoms with van der Waals surface area (Å²) in [4.78, 5) is 36.0. The SMILES string of the molecule is C=CC(=O)OCc1ccc(Nc2nc(Nc3ccc(COC(=O)C=C)cc3)nc(C(C)C)n2)cc1. The van der Waals surface area contributed by atoms with Crippen molar-refractivity contribution in [2.45, 2.75) is 33.0 Å². The second-order valence-corrected chi connectivity index (χ2v) is 7.76. The molecule has 0 unspecified atom stereocenters. The summed E-state index contributed by atoms with van der Waals surface area (Å²) in [5.74, 6) is 0.567. The second kappa shape index (κ2) is 12.1. The van der Waals surface area contributed by atoms with Crippen LogP contribution in [-0.4, -0.2) is 26.9 Å². The zero-order chi connectivity index (χ0) is 25.2. The summed E-state index contributed by atoms with van der Waals surface area (Å²) in [7, 11) is 0. The highest BCUT2D eigenvalue weighted by Crippen LogP contribution is 2.21. The molecule has 0 fully saturated rings. The quantitative estimate of drug-likeness (QED) is 0.295. The van der Waals surface area contributed by atoms with Crippen LogP contribution in [0.2, 0.25) is 0 Å². The number of rotatable bonds is 11. The minimum atomic E-state index is -0.468. The van der Waals surface area contributed by atoms with Crippen molar-refractivity contribution >= 4 is 35.2 Å². The van der Waals surface area contributed by atoms with Crippen LogP contribution in [0.1, 0.15) is 36.7 Å². The lowest BCUT2D eigenvalue weighted by Gasteiger charge is -2.12. The smallest absolute Gasteiger partial charge is 0.330 e. The van der Waals surface area contributed by atoms with Crippen LogP contribution in [0.5, 0.6) is 0 Å². The Kier molecular flexibility index (Phi) is 8.66. The van der Waals surface area contributed by atoms with E-state index in [-0.39, 0.29) is 19.1 Å². The van der Waals surface area contributed by atoms with Crippen LogP contribution in [0, 0.1) is 0 Å². The highest BCUT2D eigenvalue weighted by atomic mass is 16.5. The maximum atomic E-state index is 11.2. The summed E-state index contributed by atoms with van der Waals surface area (Å²) in [6.07, 6.45) is 2.26. The molecule has 1 aromatic heterocycles. The van der Waals surface area contributed by atoms with E-state index in [0.29, 0.717) is 17.7 Å². The Morgan fingerprint density at radius 1 is 0.771 bits per heavy atom. The Bertz CT molecular complexity index is 1100. The number of hydrogen-bond acceptors (Lipinski definition) is 9. The molecule has 2 aromatic carbocycles. The molecule has 0 atom stereocenters. The van der Waals surface area contributed by atoms with Gasteiger partial charge in [0.2, 0.25) is 11.9 Å². The van der Waals surface area contributed by atoms with Crippen molar-refractivity contribution in [2.24, 2.45) is 0 Å². The fourth-order valence-electron chi connectivity index (χ4n) is 2.82. The van der Waals surface area contributed by atoms with Gasteiger partial charge < -0.3 is 20.1 Å². The lowest BCUT2D eigenvalue weighted by atomic mass is 10.2. The molecule has 1 heterocycles. The van der Waals surface area contributed by atoms with E-state index in [4.69, 9.17) is 9.47 Å². The first-order valence-electron chi connectivity index (χ1n) is 10.9. The molecule has 0 amide bonds. The van der Waals surface area contributed by atoms with E-state index in [0.717, 1.165) is 34.7 Å². The van der Waals surface area contributed by atoms with E-state index in [1.54, 1.807) is 0 Å². The average Bonchev–Trinajstić information content (AvgIpc) is 2.87. The molecule has 9 heteroatoms. The number of anilines is 4. The summed E-state index contributed by atoms with van der Waals surface area (Å²) in [6.45, 7) is 11.1. The van der Waals surface area contributed by atoms with Gasteiger partial charge in [0, 0.05) is 29.4 Å². The molecule has 0 saturated heterocycles. The van der Waals surface area contributed by atoms with E-state index in [9.17, 15) is 9.59 Å². The molecule has 0 spiro atoms. The van der Waals surface area contributed by atoms with Crippen molar-refractivity contribution in [1.29, 1.82) is 0 Å². The zero-order valence-corrected chi connectivity index (χ0v) is 19.7. The third kappa shape index (κ3) is 7.78.